The number of ether oxygens (including phenoxy) is 2. The molecule has 4 rings (SSSR count). The molecule has 5 nitrogen and oxygen atoms in total. The molecule has 0 fully saturated rings. The number of benzene rings is 4. The molecule has 0 aromatic heterocycles. The number of rotatable bonds is 8. The van der Waals surface area contributed by atoms with Crippen LogP contribution >= 0.6 is 15.9 Å². The second kappa shape index (κ2) is 11.1. The van der Waals surface area contributed by atoms with E-state index in [-0.39, 0.29) is 5.91 Å². The number of carbonyl (C=O) groups is 1. The lowest BCUT2D eigenvalue weighted by Crippen LogP contribution is -2.17. The Morgan fingerprint density at radius 3 is 2.36 bits per heavy atom. The highest BCUT2D eigenvalue weighted by molar-refractivity contribution is 9.10. The molecule has 0 unspecified atom stereocenters. The van der Waals surface area contributed by atoms with E-state index in [1.54, 1.807) is 30.5 Å². The number of hydrogen-bond donors (Lipinski definition) is 1. The molecule has 0 spiro atoms. The molecule has 0 saturated heterocycles. The molecule has 1 amide bonds. The van der Waals surface area contributed by atoms with Crippen LogP contribution in [0.2, 0.25) is 0 Å². The Labute approximate surface area is 200 Å². The smallest absolute Gasteiger partial charge is 0.271 e. The number of hydrazone groups is 1. The monoisotopic (exact) mass is 500 g/mol. The summed E-state index contributed by atoms with van der Waals surface area (Å²) >= 11 is 3.45. The fraction of sp³-hybridized carbons (Fsp3) is 0.0370. The fourth-order valence-electron chi connectivity index (χ4n) is 3.01. The van der Waals surface area contributed by atoms with Crippen molar-refractivity contribution in [2.75, 3.05) is 0 Å². The van der Waals surface area contributed by atoms with Gasteiger partial charge in [0.25, 0.3) is 5.91 Å². The molecule has 0 radical (unpaired) electrons. The summed E-state index contributed by atoms with van der Waals surface area (Å²) in [4.78, 5) is 12.4. The minimum absolute atomic E-state index is 0.304. The Morgan fingerprint density at radius 2 is 1.58 bits per heavy atom. The summed E-state index contributed by atoms with van der Waals surface area (Å²) in [7, 11) is 0. The van der Waals surface area contributed by atoms with Crippen LogP contribution in [0.25, 0.3) is 0 Å². The lowest BCUT2D eigenvalue weighted by Gasteiger charge is -2.07. The summed E-state index contributed by atoms with van der Waals surface area (Å²) in [6.45, 7) is 0.447. The average Bonchev–Trinajstić information content (AvgIpc) is 2.84. The maximum Gasteiger partial charge on any atom is 0.271 e. The molecule has 0 bridgehead atoms. The van der Waals surface area contributed by atoms with Crippen molar-refractivity contribution < 1.29 is 14.3 Å². The number of para-hydroxylation sites is 1. The van der Waals surface area contributed by atoms with E-state index in [4.69, 9.17) is 9.47 Å². The molecule has 0 saturated carbocycles. The first-order valence-electron chi connectivity index (χ1n) is 10.3. The summed E-state index contributed by atoms with van der Waals surface area (Å²) in [6, 6.07) is 31.9. The summed E-state index contributed by atoms with van der Waals surface area (Å²) in [5.74, 6) is 1.82. The van der Waals surface area contributed by atoms with Gasteiger partial charge in [0.1, 0.15) is 23.9 Å². The van der Waals surface area contributed by atoms with Gasteiger partial charge in [0, 0.05) is 10.0 Å². The third kappa shape index (κ3) is 6.79. The first-order valence-corrected chi connectivity index (χ1v) is 11.1. The van der Waals surface area contributed by atoms with Gasteiger partial charge in [-0.1, -0.05) is 58.4 Å². The van der Waals surface area contributed by atoms with Gasteiger partial charge < -0.3 is 9.47 Å². The first kappa shape index (κ1) is 22.3. The van der Waals surface area contributed by atoms with Gasteiger partial charge in [-0.05, 0) is 71.8 Å². The van der Waals surface area contributed by atoms with E-state index in [1.165, 1.54) is 0 Å². The molecule has 0 aliphatic heterocycles. The van der Waals surface area contributed by atoms with E-state index >= 15 is 0 Å². The van der Waals surface area contributed by atoms with Crippen LogP contribution in [0.1, 0.15) is 21.5 Å². The Hall–Kier alpha value is -3.90. The standard InChI is InChI=1S/C27H21BrN2O3/c28-23-8-4-7-21(16-23)19-32-24-14-12-22(13-15-24)27(31)30-29-18-20-6-5-11-26(17-20)33-25-9-2-1-3-10-25/h1-18H,19H2,(H,30,31). The predicted molar refractivity (Wildman–Crippen MR) is 133 cm³/mol. The number of amides is 1. The van der Waals surface area contributed by atoms with Crippen LogP contribution in [0.5, 0.6) is 17.2 Å². The zero-order valence-corrected chi connectivity index (χ0v) is 19.2. The van der Waals surface area contributed by atoms with Gasteiger partial charge in [0.2, 0.25) is 0 Å². The largest absolute Gasteiger partial charge is 0.489 e. The summed E-state index contributed by atoms with van der Waals surface area (Å²) in [6.07, 6.45) is 1.57. The number of nitrogens with zero attached hydrogens (tertiary/aromatic N) is 1. The molecule has 1 N–H and O–H groups in total. The molecule has 6 heteroatoms. The molecular weight excluding hydrogens is 480 g/mol. The minimum atomic E-state index is -0.304. The second-order valence-corrected chi connectivity index (χ2v) is 8.05. The molecule has 0 aliphatic carbocycles. The van der Waals surface area contributed by atoms with Crippen molar-refractivity contribution >= 4 is 28.1 Å². The van der Waals surface area contributed by atoms with Gasteiger partial charge in [-0.2, -0.15) is 5.10 Å². The minimum Gasteiger partial charge on any atom is -0.489 e. The highest BCUT2D eigenvalue weighted by Crippen LogP contribution is 2.21. The van der Waals surface area contributed by atoms with Crippen molar-refractivity contribution in [3.8, 4) is 17.2 Å². The topological polar surface area (TPSA) is 59.9 Å². The van der Waals surface area contributed by atoms with Gasteiger partial charge >= 0.3 is 0 Å². The van der Waals surface area contributed by atoms with Crippen molar-refractivity contribution in [1.82, 2.24) is 5.43 Å². The van der Waals surface area contributed by atoms with Crippen molar-refractivity contribution in [2.45, 2.75) is 6.61 Å². The molecule has 0 atom stereocenters. The van der Waals surface area contributed by atoms with Gasteiger partial charge in [-0.15, -0.1) is 0 Å². The van der Waals surface area contributed by atoms with Crippen LogP contribution in [-0.4, -0.2) is 12.1 Å². The Balaban J connectivity index is 1.30. The predicted octanol–water partition coefficient (Wildman–Crippen LogP) is 6.58. The Bertz CT molecular complexity index is 1240. The van der Waals surface area contributed by atoms with Crippen LogP contribution in [0.15, 0.2) is 113 Å². The fourth-order valence-corrected chi connectivity index (χ4v) is 3.46. The van der Waals surface area contributed by atoms with E-state index in [9.17, 15) is 4.79 Å². The number of halogens is 1. The second-order valence-electron chi connectivity index (χ2n) is 7.13. The Morgan fingerprint density at radius 1 is 0.818 bits per heavy atom. The van der Waals surface area contributed by atoms with Gasteiger partial charge in [0.05, 0.1) is 6.21 Å². The van der Waals surface area contributed by atoms with E-state index in [2.05, 4.69) is 26.5 Å². The molecule has 33 heavy (non-hydrogen) atoms. The van der Waals surface area contributed by atoms with Crippen LogP contribution in [0, 0.1) is 0 Å². The first-order chi connectivity index (χ1) is 16.2. The molecular formula is C27H21BrN2O3. The van der Waals surface area contributed by atoms with Crippen molar-refractivity contribution in [2.24, 2.45) is 5.10 Å². The highest BCUT2D eigenvalue weighted by atomic mass is 79.9. The van der Waals surface area contributed by atoms with E-state index in [0.717, 1.165) is 21.3 Å². The SMILES string of the molecule is O=C(NN=Cc1cccc(Oc2ccccc2)c1)c1ccc(OCc2cccc(Br)c2)cc1. The van der Waals surface area contributed by atoms with Gasteiger partial charge in [-0.3, -0.25) is 4.79 Å². The van der Waals surface area contributed by atoms with E-state index in [0.29, 0.717) is 23.7 Å². The number of carbonyl (C=O) groups excluding carboxylic acids is 1. The normalized spacial score (nSPS) is 10.7. The number of hydrogen-bond acceptors (Lipinski definition) is 4. The average molecular weight is 501 g/mol. The summed E-state index contributed by atoms with van der Waals surface area (Å²) in [5, 5.41) is 4.06. The molecule has 164 valence electrons. The van der Waals surface area contributed by atoms with Gasteiger partial charge in [-0.25, -0.2) is 5.43 Å². The van der Waals surface area contributed by atoms with Crippen LogP contribution in [-0.2, 0) is 6.61 Å². The zero-order chi connectivity index (χ0) is 22.9. The maximum atomic E-state index is 12.4. The van der Waals surface area contributed by atoms with Crippen molar-refractivity contribution in [1.29, 1.82) is 0 Å². The van der Waals surface area contributed by atoms with Crippen molar-refractivity contribution in [3.05, 3.63) is 124 Å². The van der Waals surface area contributed by atoms with Crippen LogP contribution < -0.4 is 14.9 Å². The number of nitrogens with one attached hydrogen (secondary N) is 1. The summed E-state index contributed by atoms with van der Waals surface area (Å²) in [5.41, 5.74) is 4.89. The van der Waals surface area contributed by atoms with Gasteiger partial charge in [0.15, 0.2) is 0 Å². The highest BCUT2D eigenvalue weighted by Gasteiger charge is 2.05. The van der Waals surface area contributed by atoms with Crippen LogP contribution in [0.3, 0.4) is 0 Å². The quantitative estimate of drug-likeness (QED) is 0.219. The maximum absolute atomic E-state index is 12.4. The molecule has 4 aromatic carbocycles. The molecule has 0 aliphatic rings. The third-order valence-electron chi connectivity index (χ3n) is 4.63. The van der Waals surface area contributed by atoms with Crippen molar-refractivity contribution in [3.63, 3.8) is 0 Å². The summed E-state index contributed by atoms with van der Waals surface area (Å²) < 4.78 is 12.6. The zero-order valence-electron chi connectivity index (χ0n) is 17.6. The van der Waals surface area contributed by atoms with E-state index < -0.39 is 0 Å². The van der Waals surface area contributed by atoms with E-state index in [1.807, 2.05) is 78.9 Å². The third-order valence-corrected chi connectivity index (χ3v) is 5.12. The lowest BCUT2D eigenvalue weighted by molar-refractivity contribution is 0.0955. The van der Waals surface area contributed by atoms with Crippen LogP contribution in [0.4, 0.5) is 0 Å². The molecule has 0 heterocycles. The Kier molecular flexibility index (Phi) is 7.51. The molecule has 4 aromatic rings. The lowest BCUT2D eigenvalue weighted by atomic mass is 10.2.